The molecule has 3 heterocycles. The average Bonchev–Trinajstić information content (AvgIpc) is 3.24. The molecule has 0 fully saturated rings. The van der Waals surface area contributed by atoms with Crippen molar-refractivity contribution in [2.45, 2.75) is 13.5 Å². The Morgan fingerprint density at radius 3 is 2.79 bits per heavy atom. The quantitative estimate of drug-likeness (QED) is 0.577. The summed E-state index contributed by atoms with van der Waals surface area (Å²) in [5.41, 5.74) is 3.08. The van der Waals surface area contributed by atoms with Crippen molar-refractivity contribution in [1.82, 2.24) is 29.4 Å². The SMILES string of the molecule is Cc1cc(N(C)Cc2cnn(-c3ccccc3)c2)n2ncnc2n1. The van der Waals surface area contributed by atoms with Crippen molar-refractivity contribution < 1.29 is 0 Å². The number of hydrogen-bond acceptors (Lipinski definition) is 5. The molecule has 0 bridgehead atoms. The van der Waals surface area contributed by atoms with E-state index in [2.05, 4.69) is 25.1 Å². The number of aromatic nitrogens is 6. The van der Waals surface area contributed by atoms with Gasteiger partial charge in [-0.1, -0.05) is 18.2 Å². The lowest BCUT2D eigenvalue weighted by Crippen LogP contribution is -2.20. The monoisotopic (exact) mass is 319 g/mol. The van der Waals surface area contributed by atoms with E-state index in [9.17, 15) is 0 Å². The lowest BCUT2D eigenvalue weighted by molar-refractivity contribution is 0.826. The van der Waals surface area contributed by atoms with Crippen LogP contribution in [0, 0.1) is 6.92 Å². The molecule has 3 aromatic heterocycles. The Labute approximate surface area is 139 Å². The van der Waals surface area contributed by atoms with Crippen LogP contribution in [0.3, 0.4) is 0 Å². The van der Waals surface area contributed by atoms with E-state index >= 15 is 0 Å². The predicted octanol–water partition coefficient (Wildman–Crippen LogP) is 2.25. The zero-order chi connectivity index (χ0) is 16.5. The normalized spacial score (nSPS) is 11.1. The molecular weight excluding hydrogens is 302 g/mol. The number of hydrogen-bond donors (Lipinski definition) is 0. The Hall–Kier alpha value is -3.22. The molecule has 0 saturated heterocycles. The van der Waals surface area contributed by atoms with E-state index in [1.807, 2.05) is 67.4 Å². The van der Waals surface area contributed by atoms with E-state index in [1.54, 1.807) is 4.52 Å². The highest BCUT2D eigenvalue weighted by Gasteiger charge is 2.11. The van der Waals surface area contributed by atoms with Crippen LogP contribution in [0.25, 0.3) is 11.5 Å². The van der Waals surface area contributed by atoms with Gasteiger partial charge in [0.25, 0.3) is 5.78 Å². The minimum Gasteiger partial charge on any atom is -0.355 e. The fourth-order valence-electron chi connectivity index (χ4n) is 2.70. The van der Waals surface area contributed by atoms with Crippen LogP contribution in [0.5, 0.6) is 0 Å². The van der Waals surface area contributed by atoms with Gasteiger partial charge in [-0.05, 0) is 19.1 Å². The van der Waals surface area contributed by atoms with Crippen LogP contribution in [0.15, 0.2) is 55.1 Å². The van der Waals surface area contributed by atoms with E-state index in [0.29, 0.717) is 12.3 Å². The van der Waals surface area contributed by atoms with Crippen molar-refractivity contribution >= 4 is 11.6 Å². The summed E-state index contributed by atoms with van der Waals surface area (Å²) in [6.07, 6.45) is 5.45. The Kier molecular flexibility index (Phi) is 3.45. The van der Waals surface area contributed by atoms with Gasteiger partial charge in [-0.3, -0.25) is 0 Å². The smallest absolute Gasteiger partial charge is 0.254 e. The number of anilines is 1. The Balaban J connectivity index is 1.61. The summed E-state index contributed by atoms with van der Waals surface area (Å²) in [7, 11) is 2.02. The summed E-state index contributed by atoms with van der Waals surface area (Å²) in [6.45, 7) is 2.67. The van der Waals surface area contributed by atoms with E-state index in [-0.39, 0.29) is 0 Å². The molecule has 0 aliphatic heterocycles. The van der Waals surface area contributed by atoms with Gasteiger partial charge in [0.05, 0.1) is 11.9 Å². The van der Waals surface area contributed by atoms with Crippen LogP contribution in [0.1, 0.15) is 11.3 Å². The zero-order valence-corrected chi connectivity index (χ0v) is 13.5. The molecule has 24 heavy (non-hydrogen) atoms. The van der Waals surface area contributed by atoms with Crippen molar-refractivity contribution in [3.63, 3.8) is 0 Å². The molecule has 1 aromatic carbocycles. The minimum atomic E-state index is 0.608. The molecule has 0 N–H and O–H groups in total. The second kappa shape index (κ2) is 5.77. The number of fused-ring (bicyclic) bond motifs is 1. The Bertz CT molecular complexity index is 971. The Morgan fingerprint density at radius 1 is 1.12 bits per heavy atom. The number of benzene rings is 1. The number of para-hydroxylation sites is 1. The number of nitrogens with zero attached hydrogens (tertiary/aromatic N) is 7. The van der Waals surface area contributed by atoms with Crippen LogP contribution in [0.2, 0.25) is 0 Å². The van der Waals surface area contributed by atoms with Crippen LogP contribution in [-0.2, 0) is 6.54 Å². The third-order valence-electron chi connectivity index (χ3n) is 3.83. The third-order valence-corrected chi connectivity index (χ3v) is 3.83. The van der Waals surface area contributed by atoms with Gasteiger partial charge in [0.2, 0.25) is 0 Å². The second-order valence-corrected chi connectivity index (χ2v) is 5.71. The zero-order valence-electron chi connectivity index (χ0n) is 13.5. The van der Waals surface area contributed by atoms with Gasteiger partial charge in [0.15, 0.2) is 0 Å². The Morgan fingerprint density at radius 2 is 1.96 bits per heavy atom. The van der Waals surface area contributed by atoms with E-state index in [1.165, 1.54) is 6.33 Å². The molecule has 7 nitrogen and oxygen atoms in total. The first-order chi connectivity index (χ1) is 11.7. The van der Waals surface area contributed by atoms with Crippen LogP contribution < -0.4 is 4.90 Å². The molecule has 4 rings (SSSR count). The molecule has 0 spiro atoms. The highest BCUT2D eigenvalue weighted by molar-refractivity contribution is 5.47. The van der Waals surface area contributed by atoms with Crippen molar-refractivity contribution in [3.8, 4) is 5.69 Å². The van der Waals surface area contributed by atoms with E-state index in [4.69, 9.17) is 0 Å². The lowest BCUT2D eigenvalue weighted by Gasteiger charge is -2.19. The molecule has 0 amide bonds. The summed E-state index contributed by atoms with van der Waals surface area (Å²) < 4.78 is 3.63. The first-order valence-electron chi connectivity index (χ1n) is 7.68. The topological polar surface area (TPSA) is 64.1 Å². The van der Waals surface area contributed by atoms with Gasteiger partial charge in [0.1, 0.15) is 12.1 Å². The predicted molar refractivity (Wildman–Crippen MR) is 91.2 cm³/mol. The van der Waals surface area contributed by atoms with Crippen LogP contribution in [-0.4, -0.2) is 36.4 Å². The summed E-state index contributed by atoms with van der Waals surface area (Å²) in [5, 5.41) is 8.70. The van der Waals surface area contributed by atoms with Gasteiger partial charge in [0, 0.05) is 37.1 Å². The fraction of sp³-hybridized carbons (Fsp3) is 0.176. The molecule has 0 aliphatic rings. The third kappa shape index (κ3) is 2.60. The van der Waals surface area contributed by atoms with Crippen molar-refractivity contribution in [3.05, 3.63) is 66.4 Å². The molecule has 0 aliphatic carbocycles. The van der Waals surface area contributed by atoms with Gasteiger partial charge >= 0.3 is 0 Å². The minimum absolute atomic E-state index is 0.608. The van der Waals surface area contributed by atoms with Crippen molar-refractivity contribution in [1.29, 1.82) is 0 Å². The van der Waals surface area contributed by atoms with Gasteiger partial charge in [-0.25, -0.2) is 9.67 Å². The maximum Gasteiger partial charge on any atom is 0.254 e. The standard InChI is InChI=1S/C17H17N7/c1-13-8-16(24-17(21-13)18-12-20-24)22(2)10-14-9-19-23(11-14)15-6-4-3-5-7-15/h3-9,11-12H,10H2,1-2H3. The maximum atomic E-state index is 4.45. The number of rotatable bonds is 4. The molecule has 7 heteroatoms. The molecule has 0 radical (unpaired) electrons. The molecule has 120 valence electrons. The van der Waals surface area contributed by atoms with Crippen molar-refractivity contribution in [2.24, 2.45) is 0 Å². The first-order valence-corrected chi connectivity index (χ1v) is 7.68. The highest BCUT2D eigenvalue weighted by Crippen LogP contribution is 2.17. The summed E-state index contributed by atoms with van der Waals surface area (Å²) >= 11 is 0. The molecule has 0 atom stereocenters. The summed E-state index contributed by atoms with van der Waals surface area (Å²) in [5.74, 6) is 1.55. The first kappa shape index (κ1) is 14.4. The van der Waals surface area contributed by atoms with Gasteiger partial charge in [-0.15, -0.1) is 0 Å². The second-order valence-electron chi connectivity index (χ2n) is 5.71. The average molecular weight is 319 g/mol. The molecular formula is C17H17N7. The maximum absolute atomic E-state index is 4.45. The summed E-state index contributed by atoms with van der Waals surface area (Å²) in [4.78, 5) is 10.7. The molecule has 0 saturated carbocycles. The van der Waals surface area contributed by atoms with Crippen molar-refractivity contribution in [2.75, 3.05) is 11.9 Å². The molecule has 4 aromatic rings. The van der Waals surface area contributed by atoms with E-state index in [0.717, 1.165) is 22.8 Å². The fourth-order valence-corrected chi connectivity index (χ4v) is 2.70. The van der Waals surface area contributed by atoms with E-state index < -0.39 is 0 Å². The lowest BCUT2D eigenvalue weighted by atomic mass is 10.3. The van der Waals surface area contributed by atoms with Gasteiger partial charge < -0.3 is 4.90 Å². The largest absolute Gasteiger partial charge is 0.355 e. The van der Waals surface area contributed by atoms with Gasteiger partial charge in [-0.2, -0.15) is 19.7 Å². The number of aryl methyl sites for hydroxylation is 1. The van der Waals surface area contributed by atoms with Crippen LogP contribution in [0.4, 0.5) is 5.82 Å². The highest BCUT2D eigenvalue weighted by atomic mass is 15.4. The molecule has 0 unspecified atom stereocenters. The summed E-state index contributed by atoms with van der Waals surface area (Å²) in [6, 6.07) is 12.1. The van der Waals surface area contributed by atoms with Crippen LogP contribution >= 0.6 is 0 Å².